The Balaban J connectivity index is 2.29. The molecule has 0 aliphatic carbocycles. The molecule has 0 spiro atoms. The van der Waals surface area contributed by atoms with Crippen molar-refractivity contribution in [3.05, 3.63) is 42.5 Å². The molecule has 0 unspecified atom stereocenters. The maximum atomic E-state index is 12.3. The van der Waals surface area contributed by atoms with Gasteiger partial charge in [0.05, 0.1) is 7.11 Å². The summed E-state index contributed by atoms with van der Waals surface area (Å²) in [6, 6.07) is 9.98. The fourth-order valence-electron chi connectivity index (χ4n) is 1.64. The van der Waals surface area contributed by atoms with Gasteiger partial charge in [-0.15, -0.1) is 13.2 Å². The molecule has 2 N–H and O–H groups in total. The van der Waals surface area contributed by atoms with E-state index >= 15 is 0 Å². The Hall–Kier alpha value is -2.57. The number of halogens is 3. The van der Waals surface area contributed by atoms with Crippen LogP contribution in [0.15, 0.2) is 42.5 Å². The average Bonchev–Trinajstić information content (AvgIpc) is 2.38. The molecule has 2 aromatic rings. The lowest BCUT2D eigenvalue weighted by Gasteiger charge is -2.14. The number of hydrogen-bond acceptors (Lipinski definition) is 4. The van der Waals surface area contributed by atoms with Gasteiger partial charge in [-0.3, -0.25) is 0 Å². The van der Waals surface area contributed by atoms with E-state index in [1.165, 1.54) is 37.4 Å². The lowest BCUT2D eigenvalue weighted by atomic mass is 10.2. The van der Waals surface area contributed by atoms with E-state index in [1.807, 2.05) is 0 Å². The molecule has 4 nitrogen and oxygen atoms in total. The quantitative estimate of drug-likeness (QED) is 0.868. The van der Waals surface area contributed by atoms with Crippen LogP contribution in [-0.2, 0) is 0 Å². The van der Waals surface area contributed by atoms with Crippen LogP contribution in [0.2, 0.25) is 0 Å². The molecule has 0 atom stereocenters. The maximum Gasteiger partial charge on any atom is 0.573 e. The summed E-state index contributed by atoms with van der Waals surface area (Å²) in [4.78, 5) is 0. The van der Waals surface area contributed by atoms with Crippen LogP contribution in [0, 0.1) is 0 Å². The third-order valence-corrected chi connectivity index (χ3v) is 2.44. The Bertz CT molecular complexity index is 629. The minimum Gasteiger partial charge on any atom is -0.497 e. The van der Waals surface area contributed by atoms with Crippen molar-refractivity contribution in [2.24, 2.45) is 0 Å². The highest BCUT2D eigenvalue weighted by Crippen LogP contribution is 2.36. The summed E-state index contributed by atoms with van der Waals surface area (Å²) < 4.78 is 51.3. The van der Waals surface area contributed by atoms with Gasteiger partial charge in [0.1, 0.15) is 11.5 Å². The molecular formula is C14H12F3NO3. The van der Waals surface area contributed by atoms with Gasteiger partial charge in [-0.25, -0.2) is 0 Å². The lowest BCUT2D eigenvalue weighted by molar-refractivity contribution is -0.275. The number of hydrogen-bond donors (Lipinski definition) is 1. The zero-order valence-electron chi connectivity index (χ0n) is 11.0. The summed E-state index contributed by atoms with van der Waals surface area (Å²) in [5.41, 5.74) is 6.02. The third-order valence-electron chi connectivity index (χ3n) is 2.44. The van der Waals surface area contributed by atoms with Crippen molar-refractivity contribution in [3.8, 4) is 23.0 Å². The van der Waals surface area contributed by atoms with Gasteiger partial charge in [-0.1, -0.05) is 12.1 Å². The fraction of sp³-hybridized carbons (Fsp3) is 0.143. The predicted molar refractivity (Wildman–Crippen MR) is 70.6 cm³/mol. The first-order valence-corrected chi connectivity index (χ1v) is 5.84. The second-order valence-electron chi connectivity index (χ2n) is 4.04. The van der Waals surface area contributed by atoms with E-state index in [0.29, 0.717) is 11.4 Å². The Labute approximate surface area is 118 Å². The van der Waals surface area contributed by atoms with Crippen molar-refractivity contribution in [2.75, 3.05) is 12.8 Å². The van der Waals surface area contributed by atoms with Crippen molar-refractivity contribution in [2.45, 2.75) is 6.36 Å². The van der Waals surface area contributed by atoms with Gasteiger partial charge in [0.2, 0.25) is 0 Å². The Kier molecular flexibility index (Phi) is 4.11. The van der Waals surface area contributed by atoms with Gasteiger partial charge in [-0.05, 0) is 12.1 Å². The molecule has 2 aromatic carbocycles. The number of nitrogens with two attached hydrogens (primary N) is 1. The van der Waals surface area contributed by atoms with Crippen LogP contribution in [-0.4, -0.2) is 13.5 Å². The summed E-state index contributed by atoms with van der Waals surface area (Å²) in [5, 5.41) is 0. The highest BCUT2D eigenvalue weighted by atomic mass is 19.4. The molecule has 0 heterocycles. The minimum atomic E-state index is -4.80. The Morgan fingerprint density at radius 3 is 2.19 bits per heavy atom. The molecule has 0 fully saturated rings. The first-order valence-electron chi connectivity index (χ1n) is 5.84. The highest BCUT2D eigenvalue weighted by Gasteiger charge is 2.32. The molecule has 0 aliphatic heterocycles. The third kappa shape index (κ3) is 4.20. The van der Waals surface area contributed by atoms with E-state index in [0.717, 1.165) is 6.07 Å². The Morgan fingerprint density at radius 1 is 0.952 bits per heavy atom. The van der Waals surface area contributed by atoms with Crippen LogP contribution in [0.4, 0.5) is 18.9 Å². The predicted octanol–water partition coefficient (Wildman–Crippen LogP) is 3.97. The van der Waals surface area contributed by atoms with Gasteiger partial charge in [0.25, 0.3) is 0 Å². The van der Waals surface area contributed by atoms with Gasteiger partial charge in [0, 0.05) is 23.9 Å². The molecule has 112 valence electrons. The van der Waals surface area contributed by atoms with Crippen LogP contribution < -0.4 is 19.9 Å². The van der Waals surface area contributed by atoms with Crippen LogP contribution in [0.25, 0.3) is 0 Å². The number of methoxy groups -OCH3 is 1. The molecule has 0 radical (unpaired) electrons. The van der Waals surface area contributed by atoms with Gasteiger partial charge in [-0.2, -0.15) is 0 Å². The number of nitrogen functional groups attached to an aromatic ring is 1. The van der Waals surface area contributed by atoms with Crippen LogP contribution in [0.5, 0.6) is 23.0 Å². The van der Waals surface area contributed by atoms with Crippen molar-refractivity contribution >= 4 is 5.69 Å². The summed E-state index contributed by atoms with van der Waals surface area (Å²) in [5.74, 6) is 0.151. The van der Waals surface area contributed by atoms with E-state index in [9.17, 15) is 13.2 Å². The van der Waals surface area contributed by atoms with Crippen molar-refractivity contribution in [1.82, 2.24) is 0 Å². The average molecular weight is 299 g/mol. The molecule has 0 aliphatic rings. The molecule has 0 bridgehead atoms. The first kappa shape index (κ1) is 14.8. The number of ether oxygens (including phenoxy) is 3. The number of benzene rings is 2. The van der Waals surface area contributed by atoms with Gasteiger partial charge >= 0.3 is 6.36 Å². The van der Waals surface area contributed by atoms with Crippen LogP contribution in [0.1, 0.15) is 0 Å². The zero-order valence-corrected chi connectivity index (χ0v) is 11.0. The molecule has 0 saturated heterocycles. The molecule has 0 aromatic heterocycles. The summed E-state index contributed by atoms with van der Waals surface area (Å²) >= 11 is 0. The zero-order chi connectivity index (χ0) is 15.5. The SMILES string of the molecule is COc1cc(N)cc(Oc2ccccc2OC(F)(F)F)c1. The number of anilines is 1. The molecule has 2 rings (SSSR count). The van der Waals surface area contributed by atoms with E-state index in [-0.39, 0.29) is 11.5 Å². The molecule has 0 saturated carbocycles. The summed E-state index contributed by atoms with van der Waals surface area (Å²) in [7, 11) is 1.44. The number of para-hydroxylation sites is 2. The standard InChI is InChI=1S/C14H12F3NO3/c1-19-10-6-9(18)7-11(8-10)20-12-4-2-3-5-13(12)21-14(15,16)17/h2-8H,18H2,1H3. The normalized spacial score (nSPS) is 11.0. The first-order chi connectivity index (χ1) is 9.87. The van der Waals surface area contributed by atoms with E-state index < -0.39 is 12.1 Å². The molecular weight excluding hydrogens is 287 g/mol. The maximum absolute atomic E-state index is 12.3. The van der Waals surface area contributed by atoms with Gasteiger partial charge < -0.3 is 19.9 Å². The van der Waals surface area contributed by atoms with Gasteiger partial charge in [0.15, 0.2) is 11.5 Å². The summed E-state index contributed by atoms with van der Waals surface area (Å²) in [6.45, 7) is 0. The largest absolute Gasteiger partial charge is 0.573 e. The molecule has 21 heavy (non-hydrogen) atoms. The Morgan fingerprint density at radius 2 is 1.57 bits per heavy atom. The number of alkyl halides is 3. The van der Waals surface area contributed by atoms with Crippen LogP contribution >= 0.6 is 0 Å². The van der Waals surface area contributed by atoms with E-state index in [4.69, 9.17) is 15.2 Å². The minimum absolute atomic E-state index is 0.0810. The topological polar surface area (TPSA) is 53.7 Å². The smallest absolute Gasteiger partial charge is 0.497 e. The fourth-order valence-corrected chi connectivity index (χ4v) is 1.64. The van der Waals surface area contributed by atoms with Crippen molar-refractivity contribution in [3.63, 3.8) is 0 Å². The second kappa shape index (κ2) is 5.82. The highest BCUT2D eigenvalue weighted by molar-refractivity contribution is 5.52. The van der Waals surface area contributed by atoms with E-state index in [1.54, 1.807) is 6.07 Å². The van der Waals surface area contributed by atoms with Crippen LogP contribution in [0.3, 0.4) is 0 Å². The van der Waals surface area contributed by atoms with E-state index in [2.05, 4.69) is 4.74 Å². The summed E-state index contributed by atoms with van der Waals surface area (Å²) in [6.07, 6.45) is -4.80. The van der Waals surface area contributed by atoms with Crippen molar-refractivity contribution in [1.29, 1.82) is 0 Å². The lowest BCUT2D eigenvalue weighted by Crippen LogP contribution is -2.17. The molecule has 7 heteroatoms. The second-order valence-corrected chi connectivity index (χ2v) is 4.04. The number of rotatable bonds is 4. The molecule has 0 amide bonds. The van der Waals surface area contributed by atoms with Crippen molar-refractivity contribution < 1.29 is 27.4 Å². The monoisotopic (exact) mass is 299 g/mol.